The summed E-state index contributed by atoms with van der Waals surface area (Å²) in [5.41, 5.74) is 6.03. The van der Waals surface area contributed by atoms with Gasteiger partial charge in [0.2, 0.25) is 5.91 Å². The molecule has 0 saturated carbocycles. The molecule has 1 unspecified atom stereocenters. The molecule has 1 aromatic rings. The molecule has 0 radical (unpaired) electrons. The van der Waals surface area contributed by atoms with E-state index in [2.05, 4.69) is 22.6 Å². The number of carbonyl (C=O) groups is 3. The van der Waals surface area contributed by atoms with Crippen LogP contribution in [0.3, 0.4) is 0 Å². The second kappa shape index (κ2) is 8.31. The molecule has 3 aliphatic heterocycles. The first-order chi connectivity index (χ1) is 13.9. The summed E-state index contributed by atoms with van der Waals surface area (Å²) in [6.45, 7) is 3.41. The highest BCUT2D eigenvalue weighted by molar-refractivity contribution is 14.1. The lowest BCUT2D eigenvalue weighted by Gasteiger charge is -2.44. The smallest absolute Gasteiger partial charge is 0.292 e. The monoisotopic (exact) mass is 512 g/mol. The summed E-state index contributed by atoms with van der Waals surface area (Å²) in [5, 5.41) is 0. The van der Waals surface area contributed by atoms with Gasteiger partial charge in [0.25, 0.3) is 11.8 Å². The highest BCUT2D eigenvalue weighted by Gasteiger charge is 2.54. The number of nitrogens with two attached hydrogens (primary N) is 1. The van der Waals surface area contributed by atoms with Crippen molar-refractivity contribution in [2.24, 2.45) is 5.73 Å². The molecule has 7 nitrogen and oxygen atoms in total. The molecule has 3 saturated heterocycles. The second-order valence-corrected chi connectivity index (χ2v) is 9.81. The number of hydrogen-bond donors (Lipinski definition) is 3. The van der Waals surface area contributed by atoms with Gasteiger partial charge in [0.1, 0.15) is 0 Å². The number of likely N-dealkylation sites (tertiary alicyclic amines) is 2. The van der Waals surface area contributed by atoms with Gasteiger partial charge in [0.05, 0.1) is 51.1 Å². The van der Waals surface area contributed by atoms with E-state index in [1.54, 1.807) is 0 Å². The van der Waals surface area contributed by atoms with E-state index in [1.807, 2.05) is 24.3 Å². The van der Waals surface area contributed by atoms with Crippen LogP contribution in [0.2, 0.25) is 0 Å². The number of nitrogens with one attached hydrogen (secondary N) is 2. The average molecular weight is 512 g/mol. The number of carbonyl (C=O) groups excluding carboxylic acids is 3. The molecular formula is C21H29IN4O3+2. The molecule has 1 atom stereocenters. The van der Waals surface area contributed by atoms with Gasteiger partial charge >= 0.3 is 0 Å². The highest BCUT2D eigenvalue weighted by atomic mass is 127. The second-order valence-electron chi connectivity index (χ2n) is 8.57. The Bertz CT molecular complexity index is 799. The van der Waals surface area contributed by atoms with Crippen molar-refractivity contribution in [2.75, 3.05) is 31.1 Å². The number of imide groups is 1. The van der Waals surface area contributed by atoms with Crippen LogP contribution in [0.1, 0.15) is 38.5 Å². The van der Waals surface area contributed by atoms with E-state index in [0.717, 1.165) is 34.4 Å². The molecule has 0 aliphatic carbocycles. The average Bonchev–Trinajstić information content (AvgIpc) is 3.03. The van der Waals surface area contributed by atoms with Gasteiger partial charge in [-0.15, -0.1) is 0 Å². The summed E-state index contributed by atoms with van der Waals surface area (Å²) in [4.78, 5) is 41.9. The van der Waals surface area contributed by atoms with Crippen LogP contribution in [0.5, 0.6) is 0 Å². The lowest BCUT2D eigenvalue weighted by molar-refractivity contribution is -0.978. The molecule has 156 valence electrons. The van der Waals surface area contributed by atoms with Crippen LogP contribution in [0, 0.1) is 3.57 Å². The van der Waals surface area contributed by atoms with Crippen LogP contribution in [-0.2, 0) is 14.4 Å². The van der Waals surface area contributed by atoms with E-state index < -0.39 is 5.54 Å². The zero-order chi connectivity index (χ0) is 20.6. The predicted molar refractivity (Wildman–Crippen MR) is 116 cm³/mol. The maximum absolute atomic E-state index is 13.1. The van der Waals surface area contributed by atoms with Crippen molar-refractivity contribution >= 4 is 46.0 Å². The number of rotatable bonds is 4. The van der Waals surface area contributed by atoms with Crippen LogP contribution in [0.4, 0.5) is 5.69 Å². The molecule has 3 amide bonds. The SMILES string of the molecule is NC(=O)C1([NH+]2CCCCC2)CC[NH+](C2CC(=O)N(c3ccc(I)cc3)C2=O)CC1. The molecule has 3 heterocycles. The summed E-state index contributed by atoms with van der Waals surface area (Å²) >= 11 is 2.20. The minimum Gasteiger partial charge on any atom is -0.364 e. The number of benzene rings is 1. The molecule has 0 aromatic heterocycles. The predicted octanol–water partition coefficient (Wildman–Crippen LogP) is -1.11. The Labute approximate surface area is 184 Å². The van der Waals surface area contributed by atoms with Crippen molar-refractivity contribution in [2.45, 2.75) is 50.1 Å². The number of primary amides is 1. The Morgan fingerprint density at radius 2 is 1.66 bits per heavy atom. The molecular weight excluding hydrogens is 483 g/mol. The molecule has 4 rings (SSSR count). The van der Waals surface area contributed by atoms with Crippen molar-refractivity contribution in [3.8, 4) is 0 Å². The number of piperidine rings is 2. The number of halogens is 1. The van der Waals surface area contributed by atoms with Gasteiger partial charge in [-0.1, -0.05) is 0 Å². The number of nitrogens with zero attached hydrogens (tertiary/aromatic N) is 1. The van der Waals surface area contributed by atoms with E-state index in [0.29, 0.717) is 31.6 Å². The van der Waals surface area contributed by atoms with Gasteiger partial charge in [-0.05, 0) is 66.1 Å². The zero-order valence-electron chi connectivity index (χ0n) is 16.6. The maximum atomic E-state index is 13.1. The van der Waals surface area contributed by atoms with Gasteiger partial charge < -0.3 is 15.5 Å². The van der Waals surface area contributed by atoms with Crippen LogP contribution < -0.4 is 20.4 Å². The van der Waals surface area contributed by atoms with Crippen molar-refractivity contribution in [3.05, 3.63) is 27.8 Å². The molecule has 8 heteroatoms. The summed E-state index contributed by atoms with van der Waals surface area (Å²) in [5.74, 6) is -0.465. The standard InChI is InChI=1S/C21H27IN4O3/c22-15-4-6-16(7-5-15)26-18(27)14-17(19(26)28)24-12-8-21(9-13-24,20(23)29)25-10-2-1-3-11-25/h4-7,17H,1-3,8-14H2,(H2,23,29)/p+2. The van der Waals surface area contributed by atoms with E-state index in [4.69, 9.17) is 5.73 Å². The fourth-order valence-corrected chi connectivity index (χ4v) is 5.75. The molecule has 3 aliphatic rings. The quantitative estimate of drug-likeness (QED) is 0.354. The minimum atomic E-state index is -0.509. The Hall–Kier alpha value is -1.52. The number of anilines is 1. The van der Waals surface area contributed by atoms with Crippen LogP contribution in [-0.4, -0.2) is 55.5 Å². The van der Waals surface area contributed by atoms with Gasteiger partial charge in [-0.25, -0.2) is 4.90 Å². The molecule has 0 bridgehead atoms. The van der Waals surface area contributed by atoms with E-state index >= 15 is 0 Å². The first-order valence-corrected chi connectivity index (χ1v) is 11.6. The number of hydrogen-bond acceptors (Lipinski definition) is 3. The van der Waals surface area contributed by atoms with E-state index in [-0.39, 0.29) is 30.2 Å². The van der Waals surface area contributed by atoms with E-state index in [9.17, 15) is 14.4 Å². The topological polar surface area (TPSA) is 89.3 Å². The Morgan fingerprint density at radius 1 is 1.03 bits per heavy atom. The van der Waals surface area contributed by atoms with Gasteiger partial charge in [0.15, 0.2) is 11.6 Å². The van der Waals surface area contributed by atoms with Crippen molar-refractivity contribution in [3.63, 3.8) is 0 Å². The van der Waals surface area contributed by atoms with Crippen molar-refractivity contribution in [1.29, 1.82) is 0 Å². The molecule has 1 aromatic carbocycles. The van der Waals surface area contributed by atoms with E-state index in [1.165, 1.54) is 16.2 Å². The molecule has 0 spiro atoms. The molecule has 3 fully saturated rings. The third-order valence-corrected chi connectivity index (χ3v) is 7.79. The maximum Gasteiger partial charge on any atom is 0.292 e. The van der Waals surface area contributed by atoms with Gasteiger partial charge in [-0.3, -0.25) is 14.4 Å². The first kappa shape index (κ1) is 20.7. The Kier molecular flexibility index (Phi) is 5.94. The summed E-state index contributed by atoms with van der Waals surface area (Å²) in [6, 6.07) is 7.09. The normalized spacial score (nSPS) is 31.3. The van der Waals surface area contributed by atoms with Crippen LogP contribution in [0.25, 0.3) is 0 Å². The van der Waals surface area contributed by atoms with Crippen LogP contribution >= 0.6 is 22.6 Å². The van der Waals surface area contributed by atoms with Gasteiger partial charge in [0, 0.05) is 3.57 Å². The van der Waals surface area contributed by atoms with Crippen LogP contribution in [0.15, 0.2) is 24.3 Å². The Morgan fingerprint density at radius 3 is 2.24 bits per heavy atom. The van der Waals surface area contributed by atoms with Gasteiger partial charge in [-0.2, -0.15) is 0 Å². The molecule has 4 N–H and O–H groups in total. The summed E-state index contributed by atoms with van der Waals surface area (Å²) in [7, 11) is 0. The fourth-order valence-electron chi connectivity index (χ4n) is 5.39. The lowest BCUT2D eigenvalue weighted by atomic mass is 9.83. The largest absolute Gasteiger partial charge is 0.364 e. The third-order valence-electron chi connectivity index (χ3n) is 7.08. The molecule has 29 heavy (non-hydrogen) atoms. The number of amides is 3. The summed E-state index contributed by atoms with van der Waals surface area (Å²) < 4.78 is 1.06. The third kappa shape index (κ3) is 3.82. The number of quaternary nitrogens is 2. The van der Waals surface area contributed by atoms with Crippen molar-refractivity contribution < 1.29 is 24.2 Å². The first-order valence-electron chi connectivity index (χ1n) is 10.5. The fraction of sp³-hybridized carbons (Fsp3) is 0.571. The Balaban J connectivity index is 1.47. The minimum absolute atomic E-state index is 0.122. The lowest BCUT2D eigenvalue weighted by Crippen LogP contribution is -3.27. The zero-order valence-corrected chi connectivity index (χ0v) is 18.7. The summed E-state index contributed by atoms with van der Waals surface area (Å²) in [6.07, 6.45) is 5.12. The van der Waals surface area contributed by atoms with Crippen molar-refractivity contribution in [1.82, 2.24) is 0 Å². The highest BCUT2D eigenvalue weighted by Crippen LogP contribution is 2.24.